The average molecular weight is 440 g/mol. The van der Waals surface area contributed by atoms with E-state index < -0.39 is 17.6 Å². The molecule has 168 valence electrons. The number of halogens is 1. The minimum Gasteiger partial charge on any atom is -0.454 e. The third-order valence-electron chi connectivity index (χ3n) is 5.26. The van der Waals surface area contributed by atoms with Gasteiger partial charge in [-0.25, -0.2) is 4.39 Å². The number of hydrogen-bond donors (Lipinski definition) is 1. The van der Waals surface area contributed by atoms with Gasteiger partial charge in [0.25, 0.3) is 11.8 Å². The Hall–Kier alpha value is -3.39. The van der Waals surface area contributed by atoms with E-state index >= 15 is 0 Å². The van der Waals surface area contributed by atoms with Crippen LogP contribution in [0.5, 0.6) is 11.5 Å². The van der Waals surface area contributed by atoms with Crippen molar-refractivity contribution in [3.05, 3.63) is 59.5 Å². The fourth-order valence-corrected chi connectivity index (χ4v) is 3.57. The molecular weight excluding hydrogens is 415 g/mol. The summed E-state index contributed by atoms with van der Waals surface area (Å²) < 4.78 is 29.7. The van der Waals surface area contributed by atoms with Crippen molar-refractivity contribution in [1.82, 2.24) is 4.90 Å². The lowest BCUT2D eigenvalue weighted by Crippen LogP contribution is -2.34. The lowest BCUT2D eigenvalue weighted by molar-refractivity contribution is -0.137. The van der Waals surface area contributed by atoms with Crippen LogP contribution < -0.4 is 14.8 Å². The number of fused-ring (bicyclic) bond motifs is 1. The van der Waals surface area contributed by atoms with Crippen molar-refractivity contribution in [3.63, 3.8) is 0 Å². The summed E-state index contributed by atoms with van der Waals surface area (Å²) in [5.41, 5.74) is 1.40. The smallest absolute Gasteiger partial charge is 0.278 e. The van der Waals surface area contributed by atoms with Gasteiger partial charge in [0.1, 0.15) is 11.5 Å². The molecule has 2 amide bonds. The van der Waals surface area contributed by atoms with Gasteiger partial charge in [-0.15, -0.1) is 0 Å². The van der Waals surface area contributed by atoms with E-state index in [0.29, 0.717) is 42.4 Å². The van der Waals surface area contributed by atoms with E-state index in [1.54, 1.807) is 18.2 Å². The summed E-state index contributed by atoms with van der Waals surface area (Å²) in [7, 11) is 0. The molecule has 0 radical (unpaired) electrons. The van der Waals surface area contributed by atoms with Gasteiger partial charge < -0.3 is 19.5 Å². The largest absolute Gasteiger partial charge is 0.454 e. The molecule has 0 atom stereocenters. The molecule has 4 rings (SSSR count). The standard InChI is InChI=1S/C24H25FN2O5/c1-2-3-12-30-13-4-11-27-23(28)21(16-5-7-17(25)8-6-16)22(24(27)29)26-18-9-10-19-20(14-18)32-15-31-19/h5-10,14,26H,2-4,11-13,15H2,1H3. The fourth-order valence-electron chi connectivity index (χ4n) is 3.57. The van der Waals surface area contributed by atoms with Gasteiger partial charge in [-0.3, -0.25) is 14.5 Å². The van der Waals surface area contributed by atoms with E-state index in [2.05, 4.69) is 12.2 Å². The third kappa shape index (κ3) is 4.60. The molecule has 32 heavy (non-hydrogen) atoms. The topological polar surface area (TPSA) is 77.1 Å². The Kier molecular flexibility index (Phi) is 6.70. The number of nitrogens with one attached hydrogen (secondary N) is 1. The first-order chi connectivity index (χ1) is 15.6. The predicted octanol–water partition coefficient (Wildman–Crippen LogP) is 3.95. The van der Waals surface area contributed by atoms with Gasteiger partial charge in [-0.2, -0.15) is 0 Å². The van der Waals surface area contributed by atoms with Crippen LogP contribution in [0.3, 0.4) is 0 Å². The quantitative estimate of drug-likeness (QED) is 0.445. The minimum atomic E-state index is -0.430. The zero-order valence-electron chi connectivity index (χ0n) is 17.9. The first kappa shape index (κ1) is 21.8. The molecule has 7 nitrogen and oxygen atoms in total. The van der Waals surface area contributed by atoms with Crippen LogP contribution >= 0.6 is 0 Å². The molecule has 0 saturated heterocycles. The first-order valence-electron chi connectivity index (χ1n) is 10.7. The summed E-state index contributed by atoms with van der Waals surface area (Å²) in [5, 5.41) is 3.07. The van der Waals surface area contributed by atoms with Crippen LogP contribution in [0, 0.1) is 5.82 Å². The molecule has 0 aliphatic carbocycles. The lowest BCUT2D eigenvalue weighted by atomic mass is 10.0. The molecule has 0 saturated carbocycles. The Bertz CT molecular complexity index is 1040. The fraction of sp³-hybridized carbons (Fsp3) is 0.333. The number of carbonyl (C=O) groups excluding carboxylic acids is 2. The Morgan fingerprint density at radius 3 is 2.53 bits per heavy atom. The van der Waals surface area contributed by atoms with Crippen molar-refractivity contribution in [1.29, 1.82) is 0 Å². The molecule has 0 spiro atoms. The van der Waals surface area contributed by atoms with E-state index in [1.807, 2.05) is 0 Å². The summed E-state index contributed by atoms with van der Waals surface area (Å²) in [4.78, 5) is 27.6. The van der Waals surface area contributed by atoms with Crippen molar-refractivity contribution < 1.29 is 28.2 Å². The van der Waals surface area contributed by atoms with Gasteiger partial charge in [0, 0.05) is 31.5 Å². The molecule has 8 heteroatoms. The van der Waals surface area contributed by atoms with E-state index in [-0.39, 0.29) is 24.6 Å². The number of rotatable bonds is 10. The van der Waals surface area contributed by atoms with Gasteiger partial charge >= 0.3 is 0 Å². The lowest BCUT2D eigenvalue weighted by Gasteiger charge is -2.15. The number of ether oxygens (including phenoxy) is 3. The number of carbonyl (C=O) groups is 2. The molecule has 2 aromatic carbocycles. The van der Waals surface area contributed by atoms with Gasteiger partial charge in [0.2, 0.25) is 6.79 Å². The normalized spacial score (nSPS) is 15.1. The van der Waals surface area contributed by atoms with Crippen molar-refractivity contribution in [2.75, 3.05) is 31.9 Å². The molecule has 0 fully saturated rings. The number of anilines is 1. The van der Waals surface area contributed by atoms with Crippen LogP contribution in [0.25, 0.3) is 5.57 Å². The number of nitrogens with zero attached hydrogens (tertiary/aromatic N) is 1. The summed E-state index contributed by atoms with van der Waals surface area (Å²) in [6, 6.07) is 10.7. The maximum Gasteiger partial charge on any atom is 0.278 e. The maximum atomic E-state index is 13.5. The Labute approximate surface area is 185 Å². The van der Waals surface area contributed by atoms with E-state index in [4.69, 9.17) is 14.2 Å². The third-order valence-corrected chi connectivity index (χ3v) is 5.26. The highest BCUT2D eigenvalue weighted by atomic mass is 19.1. The molecule has 1 N–H and O–H groups in total. The Morgan fingerprint density at radius 2 is 1.75 bits per heavy atom. The Morgan fingerprint density at radius 1 is 1.00 bits per heavy atom. The maximum absolute atomic E-state index is 13.5. The van der Waals surface area contributed by atoms with Crippen molar-refractivity contribution >= 4 is 23.1 Å². The van der Waals surface area contributed by atoms with Crippen LogP contribution in [0.2, 0.25) is 0 Å². The zero-order chi connectivity index (χ0) is 22.5. The summed E-state index contributed by atoms with van der Waals surface area (Å²) in [5.74, 6) is -0.102. The van der Waals surface area contributed by atoms with Gasteiger partial charge in [0.15, 0.2) is 11.5 Å². The van der Waals surface area contributed by atoms with Crippen molar-refractivity contribution in [2.24, 2.45) is 0 Å². The molecule has 2 heterocycles. The Balaban J connectivity index is 1.56. The number of imide groups is 1. The second kappa shape index (κ2) is 9.82. The molecule has 2 aliphatic heterocycles. The molecule has 0 aromatic heterocycles. The van der Waals surface area contributed by atoms with Gasteiger partial charge in [0.05, 0.1) is 5.57 Å². The molecule has 0 unspecified atom stereocenters. The summed E-state index contributed by atoms with van der Waals surface area (Å²) >= 11 is 0. The first-order valence-corrected chi connectivity index (χ1v) is 10.7. The summed E-state index contributed by atoms with van der Waals surface area (Å²) in [6.45, 7) is 3.58. The predicted molar refractivity (Wildman–Crippen MR) is 117 cm³/mol. The molecule has 2 aromatic rings. The highest BCUT2D eigenvalue weighted by Crippen LogP contribution is 2.36. The second-order valence-corrected chi connectivity index (χ2v) is 7.53. The minimum absolute atomic E-state index is 0.133. The van der Waals surface area contributed by atoms with Crippen LogP contribution in [0.15, 0.2) is 48.2 Å². The van der Waals surface area contributed by atoms with Crippen LogP contribution in [-0.4, -0.2) is 43.3 Å². The highest BCUT2D eigenvalue weighted by Gasteiger charge is 2.39. The second-order valence-electron chi connectivity index (χ2n) is 7.53. The van der Waals surface area contributed by atoms with Crippen LogP contribution in [-0.2, 0) is 14.3 Å². The molecular formula is C24H25FN2O5. The van der Waals surface area contributed by atoms with Crippen LogP contribution in [0.4, 0.5) is 10.1 Å². The van der Waals surface area contributed by atoms with Gasteiger partial charge in [-0.05, 0) is 42.7 Å². The van der Waals surface area contributed by atoms with Crippen molar-refractivity contribution in [3.8, 4) is 11.5 Å². The van der Waals surface area contributed by atoms with E-state index in [0.717, 1.165) is 12.8 Å². The molecule has 0 bridgehead atoms. The SMILES string of the molecule is CCCCOCCCN1C(=O)C(Nc2ccc3c(c2)OCO3)=C(c2ccc(F)cc2)C1=O. The van der Waals surface area contributed by atoms with Crippen molar-refractivity contribution in [2.45, 2.75) is 26.2 Å². The zero-order valence-corrected chi connectivity index (χ0v) is 17.9. The van der Waals surface area contributed by atoms with Gasteiger partial charge in [-0.1, -0.05) is 25.5 Å². The van der Waals surface area contributed by atoms with E-state index in [9.17, 15) is 14.0 Å². The average Bonchev–Trinajstić information content (AvgIpc) is 3.35. The molecule has 2 aliphatic rings. The number of benzene rings is 2. The monoisotopic (exact) mass is 440 g/mol. The number of unbranched alkanes of at least 4 members (excludes halogenated alkanes) is 1. The van der Waals surface area contributed by atoms with E-state index in [1.165, 1.54) is 29.2 Å². The number of hydrogen-bond acceptors (Lipinski definition) is 6. The number of amides is 2. The van der Waals surface area contributed by atoms with Crippen LogP contribution in [0.1, 0.15) is 31.7 Å². The highest BCUT2D eigenvalue weighted by molar-refractivity contribution is 6.36. The summed E-state index contributed by atoms with van der Waals surface area (Å²) in [6.07, 6.45) is 2.56.